The summed E-state index contributed by atoms with van der Waals surface area (Å²) in [6.45, 7) is 7.70. The fourth-order valence-corrected chi connectivity index (χ4v) is 2.30. The first-order valence-electron chi connectivity index (χ1n) is 7.06. The van der Waals surface area contributed by atoms with Gasteiger partial charge in [-0.15, -0.1) is 0 Å². The van der Waals surface area contributed by atoms with Crippen LogP contribution in [0, 0.1) is 5.92 Å². The minimum atomic E-state index is 0.553. The Hall–Kier alpha value is -1.22. The Morgan fingerprint density at radius 3 is 2.42 bits per heavy atom. The Balaban J connectivity index is 2.70. The molecule has 1 aromatic carbocycles. The second kappa shape index (κ2) is 8.05. The number of aryl methyl sites for hydroxylation is 1. The van der Waals surface area contributed by atoms with Crippen LogP contribution in [-0.2, 0) is 6.42 Å². The van der Waals surface area contributed by atoms with Crippen LogP contribution in [0.15, 0.2) is 18.2 Å². The van der Waals surface area contributed by atoms with Crippen LogP contribution in [0.3, 0.4) is 0 Å². The van der Waals surface area contributed by atoms with Crippen LogP contribution >= 0.6 is 0 Å². The van der Waals surface area contributed by atoms with Gasteiger partial charge in [0.05, 0.1) is 14.2 Å². The van der Waals surface area contributed by atoms with Crippen molar-refractivity contribution in [3.63, 3.8) is 0 Å². The van der Waals surface area contributed by atoms with Crippen molar-refractivity contribution in [2.24, 2.45) is 5.92 Å². The largest absolute Gasteiger partial charge is 0.497 e. The Morgan fingerprint density at radius 2 is 1.89 bits per heavy atom. The molecule has 0 saturated heterocycles. The van der Waals surface area contributed by atoms with Crippen molar-refractivity contribution < 1.29 is 9.47 Å². The van der Waals surface area contributed by atoms with Crippen LogP contribution in [-0.4, -0.2) is 26.8 Å². The zero-order valence-corrected chi connectivity index (χ0v) is 12.8. The third-order valence-electron chi connectivity index (χ3n) is 3.49. The summed E-state index contributed by atoms with van der Waals surface area (Å²) in [6.07, 6.45) is 2.14. The quantitative estimate of drug-likeness (QED) is 0.782. The maximum absolute atomic E-state index is 5.44. The average Bonchev–Trinajstić information content (AvgIpc) is 2.42. The van der Waals surface area contributed by atoms with Crippen molar-refractivity contribution >= 4 is 0 Å². The van der Waals surface area contributed by atoms with Gasteiger partial charge in [0, 0.05) is 12.1 Å². The molecule has 3 nitrogen and oxygen atoms in total. The Kier molecular flexibility index (Phi) is 6.71. The second-order valence-electron chi connectivity index (χ2n) is 5.12. The van der Waals surface area contributed by atoms with Crippen LogP contribution in [0.1, 0.15) is 32.8 Å². The molecule has 1 rings (SSSR count). The molecule has 0 aromatic heterocycles. The van der Waals surface area contributed by atoms with Crippen LogP contribution in [0.5, 0.6) is 11.5 Å². The Labute approximate surface area is 117 Å². The van der Waals surface area contributed by atoms with Crippen LogP contribution < -0.4 is 14.8 Å². The predicted octanol–water partition coefficient (Wildman–Crippen LogP) is 3.27. The molecule has 108 valence electrons. The number of methoxy groups -OCH3 is 2. The van der Waals surface area contributed by atoms with Crippen molar-refractivity contribution in [2.45, 2.75) is 39.7 Å². The van der Waals surface area contributed by atoms with E-state index in [1.54, 1.807) is 14.2 Å². The minimum Gasteiger partial charge on any atom is -0.497 e. The lowest BCUT2D eigenvalue weighted by Gasteiger charge is -2.22. The van der Waals surface area contributed by atoms with Gasteiger partial charge in [0.15, 0.2) is 0 Å². The van der Waals surface area contributed by atoms with Crippen molar-refractivity contribution in [1.29, 1.82) is 0 Å². The summed E-state index contributed by atoms with van der Waals surface area (Å²) in [4.78, 5) is 0. The molecule has 0 amide bonds. The highest BCUT2D eigenvalue weighted by Crippen LogP contribution is 2.26. The minimum absolute atomic E-state index is 0.553. The van der Waals surface area contributed by atoms with E-state index in [0.717, 1.165) is 30.9 Å². The van der Waals surface area contributed by atoms with Gasteiger partial charge in [-0.2, -0.15) is 0 Å². The van der Waals surface area contributed by atoms with E-state index < -0.39 is 0 Å². The van der Waals surface area contributed by atoms with Crippen molar-refractivity contribution in [3.8, 4) is 11.5 Å². The first-order valence-corrected chi connectivity index (χ1v) is 7.06. The summed E-state index contributed by atoms with van der Waals surface area (Å²) < 4.78 is 10.7. The van der Waals surface area contributed by atoms with Gasteiger partial charge < -0.3 is 14.8 Å². The zero-order valence-electron chi connectivity index (χ0n) is 12.8. The third-order valence-corrected chi connectivity index (χ3v) is 3.49. The Morgan fingerprint density at radius 1 is 1.16 bits per heavy atom. The second-order valence-corrected chi connectivity index (χ2v) is 5.12. The molecule has 1 aromatic rings. The number of rotatable bonds is 8. The molecule has 0 aliphatic carbocycles. The lowest BCUT2D eigenvalue weighted by Crippen LogP contribution is -2.34. The highest BCUT2D eigenvalue weighted by molar-refractivity contribution is 5.40. The molecule has 0 spiro atoms. The molecule has 0 bridgehead atoms. The summed E-state index contributed by atoms with van der Waals surface area (Å²) >= 11 is 0. The van der Waals surface area contributed by atoms with E-state index >= 15 is 0 Å². The maximum atomic E-state index is 5.44. The SMILES string of the molecule is CCNC(CCc1ccc(OC)cc1OC)C(C)C. The van der Waals surface area contributed by atoms with Gasteiger partial charge in [-0.3, -0.25) is 0 Å². The standard InChI is InChI=1S/C16H27NO2/c1-6-17-15(12(2)3)10-8-13-7-9-14(18-4)11-16(13)19-5/h7,9,11-12,15,17H,6,8,10H2,1-5H3. The Bertz CT molecular complexity index is 377. The normalized spacial score (nSPS) is 12.5. The lowest BCUT2D eigenvalue weighted by molar-refractivity contribution is 0.374. The van der Waals surface area contributed by atoms with E-state index in [9.17, 15) is 0 Å². The molecule has 1 unspecified atom stereocenters. The van der Waals surface area contributed by atoms with E-state index in [-0.39, 0.29) is 0 Å². The van der Waals surface area contributed by atoms with Crippen molar-refractivity contribution in [3.05, 3.63) is 23.8 Å². The highest BCUT2D eigenvalue weighted by atomic mass is 16.5. The fourth-order valence-electron chi connectivity index (χ4n) is 2.30. The number of hydrogen-bond acceptors (Lipinski definition) is 3. The molecule has 0 aliphatic rings. The fraction of sp³-hybridized carbons (Fsp3) is 0.625. The van der Waals surface area contributed by atoms with Gasteiger partial charge in [-0.25, -0.2) is 0 Å². The third kappa shape index (κ3) is 4.75. The molecule has 0 radical (unpaired) electrons. The summed E-state index contributed by atoms with van der Waals surface area (Å²) in [7, 11) is 3.39. The molecule has 3 heteroatoms. The predicted molar refractivity (Wildman–Crippen MR) is 80.2 cm³/mol. The lowest BCUT2D eigenvalue weighted by atomic mass is 9.96. The maximum Gasteiger partial charge on any atom is 0.125 e. The van der Waals surface area contributed by atoms with E-state index in [1.807, 2.05) is 12.1 Å². The summed E-state index contributed by atoms with van der Waals surface area (Å²) in [6, 6.07) is 6.60. The van der Waals surface area contributed by atoms with Crippen LogP contribution in [0.4, 0.5) is 0 Å². The van der Waals surface area contributed by atoms with Crippen molar-refractivity contribution in [1.82, 2.24) is 5.32 Å². The summed E-state index contributed by atoms with van der Waals surface area (Å²) in [5.41, 5.74) is 1.24. The first kappa shape index (κ1) is 15.8. The topological polar surface area (TPSA) is 30.5 Å². The van der Waals surface area contributed by atoms with Gasteiger partial charge >= 0.3 is 0 Å². The number of nitrogens with one attached hydrogen (secondary N) is 1. The smallest absolute Gasteiger partial charge is 0.125 e. The van der Waals surface area contributed by atoms with E-state index in [4.69, 9.17) is 9.47 Å². The van der Waals surface area contributed by atoms with Gasteiger partial charge in [0.1, 0.15) is 11.5 Å². The van der Waals surface area contributed by atoms with E-state index in [1.165, 1.54) is 5.56 Å². The molecule has 0 saturated carbocycles. The molecule has 0 aliphatic heterocycles. The van der Waals surface area contributed by atoms with Crippen molar-refractivity contribution in [2.75, 3.05) is 20.8 Å². The molecular weight excluding hydrogens is 238 g/mol. The number of hydrogen-bond donors (Lipinski definition) is 1. The van der Waals surface area contributed by atoms with Crippen LogP contribution in [0.2, 0.25) is 0 Å². The molecule has 19 heavy (non-hydrogen) atoms. The molecule has 0 fully saturated rings. The van der Waals surface area contributed by atoms with E-state index in [0.29, 0.717) is 12.0 Å². The average molecular weight is 265 g/mol. The first-order chi connectivity index (χ1) is 9.12. The van der Waals surface area contributed by atoms with Gasteiger partial charge in [0.2, 0.25) is 0 Å². The molecule has 0 heterocycles. The monoisotopic (exact) mass is 265 g/mol. The highest BCUT2D eigenvalue weighted by Gasteiger charge is 2.13. The van der Waals surface area contributed by atoms with Crippen LogP contribution in [0.25, 0.3) is 0 Å². The number of ether oxygens (including phenoxy) is 2. The zero-order chi connectivity index (χ0) is 14.3. The molecule has 1 N–H and O–H groups in total. The number of benzene rings is 1. The van der Waals surface area contributed by atoms with Gasteiger partial charge in [-0.05, 0) is 36.9 Å². The molecular formula is C16H27NO2. The summed E-state index contributed by atoms with van der Waals surface area (Å²) in [5.74, 6) is 2.40. The summed E-state index contributed by atoms with van der Waals surface area (Å²) in [5, 5.41) is 3.55. The van der Waals surface area contributed by atoms with Gasteiger partial charge in [0.25, 0.3) is 0 Å². The molecule has 1 atom stereocenters. The van der Waals surface area contributed by atoms with Gasteiger partial charge in [-0.1, -0.05) is 26.8 Å². The van der Waals surface area contributed by atoms with E-state index in [2.05, 4.69) is 32.2 Å².